The van der Waals surface area contributed by atoms with E-state index in [0.717, 1.165) is 57.3 Å². The van der Waals surface area contributed by atoms with Crippen molar-refractivity contribution in [2.75, 3.05) is 49.1 Å². The van der Waals surface area contributed by atoms with Crippen LogP contribution in [0.25, 0.3) is 0 Å². The number of aromatic nitrogens is 1. The molecule has 0 unspecified atom stereocenters. The molecule has 1 aromatic heterocycles. The van der Waals surface area contributed by atoms with E-state index in [2.05, 4.69) is 40.8 Å². The second-order valence-corrected chi connectivity index (χ2v) is 7.64. The molecule has 0 aromatic carbocycles. The van der Waals surface area contributed by atoms with Crippen LogP contribution in [0.15, 0.2) is 12.3 Å². The van der Waals surface area contributed by atoms with Crippen molar-refractivity contribution in [2.24, 2.45) is 0 Å². The molecule has 5 nitrogen and oxygen atoms in total. The Morgan fingerprint density at radius 2 is 1.96 bits per heavy atom. The minimum Gasteiger partial charge on any atom is -0.490 e. The summed E-state index contributed by atoms with van der Waals surface area (Å²) >= 11 is 0. The van der Waals surface area contributed by atoms with Gasteiger partial charge in [-0.25, -0.2) is 4.98 Å². The molecule has 1 aromatic rings. The van der Waals surface area contributed by atoms with E-state index in [0.29, 0.717) is 12.1 Å². The maximum Gasteiger partial charge on any atom is 0.171 e. The molecule has 2 fully saturated rings. The van der Waals surface area contributed by atoms with Crippen LogP contribution in [0.5, 0.6) is 5.75 Å². The van der Waals surface area contributed by atoms with Crippen LogP contribution >= 0.6 is 0 Å². The van der Waals surface area contributed by atoms with Crippen LogP contribution in [0.2, 0.25) is 0 Å². The molecule has 0 spiro atoms. The average Bonchev–Trinajstić information content (AvgIpc) is 2.80. The van der Waals surface area contributed by atoms with Gasteiger partial charge in [-0.1, -0.05) is 0 Å². The van der Waals surface area contributed by atoms with Crippen molar-refractivity contribution in [3.63, 3.8) is 0 Å². The quantitative estimate of drug-likeness (QED) is 0.832. The van der Waals surface area contributed by atoms with Gasteiger partial charge in [0, 0.05) is 57.3 Å². The maximum atomic E-state index is 6.12. The van der Waals surface area contributed by atoms with E-state index in [4.69, 9.17) is 9.72 Å². The fraction of sp³-hybridized carbons (Fsp3) is 0.737. The van der Waals surface area contributed by atoms with Crippen LogP contribution in [-0.4, -0.2) is 61.3 Å². The zero-order valence-electron chi connectivity index (χ0n) is 15.1. The Balaban J connectivity index is 1.56. The van der Waals surface area contributed by atoms with Crippen molar-refractivity contribution in [2.45, 2.75) is 51.6 Å². The first kappa shape index (κ1) is 16.0. The predicted octanol–water partition coefficient (Wildman–Crippen LogP) is 2.75. The summed E-state index contributed by atoms with van der Waals surface area (Å²) in [7, 11) is 0. The van der Waals surface area contributed by atoms with E-state index in [1.165, 1.54) is 24.9 Å². The van der Waals surface area contributed by atoms with Crippen LogP contribution in [0.3, 0.4) is 0 Å². The zero-order chi connectivity index (χ0) is 16.5. The van der Waals surface area contributed by atoms with Crippen molar-refractivity contribution < 1.29 is 4.74 Å². The molecule has 24 heavy (non-hydrogen) atoms. The van der Waals surface area contributed by atoms with E-state index >= 15 is 0 Å². The van der Waals surface area contributed by atoms with Gasteiger partial charge in [0.1, 0.15) is 0 Å². The molecule has 0 N–H and O–H groups in total. The number of hydrogen-bond acceptors (Lipinski definition) is 5. The third-order valence-electron chi connectivity index (χ3n) is 5.76. The van der Waals surface area contributed by atoms with E-state index in [1.807, 2.05) is 0 Å². The number of pyridine rings is 1. The van der Waals surface area contributed by atoms with Crippen molar-refractivity contribution in [3.05, 3.63) is 12.3 Å². The van der Waals surface area contributed by atoms with Gasteiger partial charge in [-0.15, -0.1) is 0 Å². The Morgan fingerprint density at radius 1 is 1.12 bits per heavy atom. The highest BCUT2D eigenvalue weighted by atomic mass is 16.5. The Bertz CT molecular complexity index is 570. The Kier molecular flexibility index (Phi) is 4.53. The number of piperazine rings is 1. The second-order valence-electron chi connectivity index (χ2n) is 7.64. The van der Waals surface area contributed by atoms with Crippen molar-refractivity contribution in [3.8, 4) is 5.75 Å². The van der Waals surface area contributed by atoms with E-state index < -0.39 is 0 Å². The lowest BCUT2D eigenvalue weighted by molar-refractivity contribution is 0.172. The first-order valence-corrected chi connectivity index (χ1v) is 9.61. The number of anilines is 2. The summed E-state index contributed by atoms with van der Waals surface area (Å²) in [4.78, 5) is 12.4. The van der Waals surface area contributed by atoms with E-state index in [-0.39, 0.29) is 0 Å². The normalized spacial score (nSPS) is 25.0. The summed E-state index contributed by atoms with van der Waals surface area (Å²) in [6, 6.07) is 3.37. The Morgan fingerprint density at radius 3 is 2.75 bits per heavy atom. The molecule has 132 valence electrons. The standard InChI is InChI=1S/C19H30N4O/c1-15(2)22-9-10-23-16(14-22)6-11-24-18-12-17(13-20-19(18)23)21-7-4-3-5-8-21/h12-13,15-16H,3-11,14H2,1-2H3/t16-/m0/s1. The Labute approximate surface area is 145 Å². The van der Waals surface area contributed by atoms with Gasteiger partial charge in [0.25, 0.3) is 0 Å². The van der Waals surface area contributed by atoms with E-state index in [9.17, 15) is 0 Å². The van der Waals surface area contributed by atoms with Gasteiger partial charge < -0.3 is 14.5 Å². The van der Waals surface area contributed by atoms with Crippen LogP contribution in [0, 0.1) is 0 Å². The molecule has 0 aliphatic carbocycles. The Hall–Kier alpha value is -1.49. The van der Waals surface area contributed by atoms with E-state index in [1.54, 1.807) is 0 Å². The molecule has 1 atom stereocenters. The molecule has 4 rings (SSSR count). The first-order chi connectivity index (χ1) is 11.7. The van der Waals surface area contributed by atoms with Crippen LogP contribution in [-0.2, 0) is 0 Å². The smallest absolute Gasteiger partial charge is 0.171 e. The number of piperidine rings is 1. The van der Waals surface area contributed by atoms with Crippen LogP contribution in [0.4, 0.5) is 11.5 Å². The molecule has 3 aliphatic heterocycles. The maximum absolute atomic E-state index is 6.12. The SMILES string of the molecule is CC(C)N1CCN2c3ncc(N4CCCCC4)cc3OCC[C@H]2C1. The molecular formula is C19H30N4O. The van der Waals surface area contributed by atoms with Gasteiger partial charge in [0.05, 0.1) is 18.5 Å². The van der Waals surface area contributed by atoms with Gasteiger partial charge in [0.15, 0.2) is 11.6 Å². The summed E-state index contributed by atoms with van der Waals surface area (Å²) in [6.07, 6.45) is 7.07. The molecule has 4 heterocycles. The molecule has 0 bridgehead atoms. The first-order valence-electron chi connectivity index (χ1n) is 9.61. The monoisotopic (exact) mass is 330 g/mol. The minimum absolute atomic E-state index is 0.524. The summed E-state index contributed by atoms with van der Waals surface area (Å²) < 4.78 is 6.12. The lowest BCUT2D eigenvalue weighted by Gasteiger charge is -2.42. The molecule has 0 radical (unpaired) electrons. The summed E-state index contributed by atoms with van der Waals surface area (Å²) in [5.74, 6) is 2.04. The number of hydrogen-bond donors (Lipinski definition) is 0. The van der Waals surface area contributed by atoms with Crippen LogP contribution in [0.1, 0.15) is 39.5 Å². The van der Waals surface area contributed by atoms with Gasteiger partial charge >= 0.3 is 0 Å². The predicted molar refractivity (Wildman–Crippen MR) is 98.3 cm³/mol. The highest BCUT2D eigenvalue weighted by Gasteiger charge is 2.33. The number of ether oxygens (including phenoxy) is 1. The third kappa shape index (κ3) is 3.06. The molecule has 2 saturated heterocycles. The fourth-order valence-corrected chi connectivity index (χ4v) is 4.25. The van der Waals surface area contributed by atoms with Crippen molar-refractivity contribution in [1.82, 2.24) is 9.88 Å². The van der Waals surface area contributed by atoms with Gasteiger partial charge in [0.2, 0.25) is 0 Å². The lowest BCUT2D eigenvalue weighted by atomic mass is 10.1. The summed E-state index contributed by atoms with van der Waals surface area (Å²) in [6.45, 7) is 11.0. The highest BCUT2D eigenvalue weighted by Crippen LogP contribution is 2.36. The minimum atomic E-state index is 0.524. The summed E-state index contributed by atoms with van der Waals surface area (Å²) in [5.41, 5.74) is 1.23. The molecular weight excluding hydrogens is 300 g/mol. The lowest BCUT2D eigenvalue weighted by Crippen LogP contribution is -2.55. The van der Waals surface area contributed by atoms with Gasteiger partial charge in [-0.2, -0.15) is 0 Å². The van der Waals surface area contributed by atoms with Gasteiger partial charge in [-0.05, 0) is 33.1 Å². The molecule has 0 saturated carbocycles. The number of nitrogens with zero attached hydrogens (tertiary/aromatic N) is 4. The molecule has 3 aliphatic rings. The largest absolute Gasteiger partial charge is 0.490 e. The third-order valence-corrected chi connectivity index (χ3v) is 5.76. The van der Waals surface area contributed by atoms with Crippen molar-refractivity contribution in [1.29, 1.82) is 0 Å². The molecule has 5 heteroatoms. The molecule has 0 amide bonds. The highest BCUT2D eigenvalue weighted by molar-refractivity contribution is 5.61. The van der Waals surface area contributed by atoms with Gasteiger partial charge in [-0.3, -0.25) is 4.90 Å². The number of fused-ring (bicyclic) bond motifs is 3. The van der Waals surface area contributed by atoms with Crippen LogP contribution < -0.4 is 14.5 Å². The topological polar surface area (TPSA) is 31.8 Å². The van der Waals surface area contributed by atoms with Crippen molar-refractivity contribution >= 4 is 11.5 Å². The fourth-order valence-electron chi connectivity index (χ4n) is 4.25. The number of rotatable bonds is 2. The summed E-state index contributed by atoms with van der Waals surface area (Å²) in [5, 5.41) is 0. The zero-order valence-corrected chi connectivity index (χ0v) is 15.1. The average molecular weight is 330 g/mol. The second kappa shape index (κ2) is 6.79.